The minimum Gasteiger partial charge on any atom is -0.267 e. The fourth-order valence-electron chi connectivity index (χ4n) is 2.97. The molecule has 27 heavy (non-hydrogen) atoms. The monoisotopic (exact) mass is 355 g/mol. The van der Waals surface area contributed by atoms with Crippen molar-refractivity contribution in [3.05, 3.63) is 100 Å². The van der Waals surface area contributed by atoms with Crippen molar-refractivity contribution in [3.63, 3.8) is 0 Å². The molecule has 1 heterocycles. The number of aromatic nitrogens is 2. The van der Waals surface area contributed by atoms with Gasteiger partial charge in [-0.3, -0.25) is 15.0 Å². The Morgan fingerprint density at radius 1 is 0.926 bits per heavy atom. The van der Waals surface area contributed by atoms with Crippen LogP contribution in [-0.4, -0.2) is 15.6 Å². The molecule has 0 saturated carbocycles. The van der Waals surface area contributed by atoms with Crippen LogP contribution in [0.1, 0.15) is 15.9 Å². The molecule has 0 aliphatic rings. The predicted molar refractivity (Wildman–Crippen MR) is 106 cm³/mol. The van der Waals surface area contributed by atoms with Crippen LogP contribution in [0.2, 0.25) is 0 Å². The minimum atomic E-state index is -0.372. The van der Waals surface area contributed by atoms with E-state index in [1.165, 1.54) is 4.68 Å². The van der Waals surface area contributed by atoms with Gasteiger partial charge in [-0.2, -0.15) is 4.68 Å². The van der Waals surface area contributed by atoms with E-state index in [9.17, 15) is 9.59 Å². The van der Waals surface area contributed by atoms with Crippen molar-refractivity contribution in [1.29, 1.82) is 0 Å². The second-order valence-corrected chi connectivity index (χ2v) is 6.27. The molecule has 1 N–H and O–H groups in total. The number of nitrogens with zero attached hydrogens (tertiary/aromatic N) is 2. The number of benzene rings is 3. The molecule has 5 heteroatoms. The Balaban J connectivity index is 1.92. The van der Waals surface area contributed by atoms with Crippen LogP contribution in [0.5, 0.6) is 0 Å². The van der Waals surface area contributed by atoms with Gasteiger partial charge in [0.15, 0.2) is 5.82 Å². The van der Waals surface area contributed by atoms with E-state index in [0.717, 1.165) is 11.1 Å². The topological polar surface area (TPSA) is 64.0 Å². The third-order valence-corrected chi connectivity index (χ3v) is 4.30. The summed E-state index contributed by atoms with van der Waals surface area (Å²) in [7, 11) is 0. The summed E-state index contributed by atoms with van der Waals surface area (Å²) in [6.45, 7) is 1.97. The Hall–Kier alpha value is -3.73. The SMILES string of the molecule is Cc1cccc(-c2nc3ccccc3c(=O)n2NC(=O)c2ccccc2)c1. The fourth-order valence-corrected chi connectivity index (χ4v) is 2.97. The average molecular weight is 355 g/mol. The molecule has 1 aromatic heterocycles. The lowest BCUT2D eigenvalue weighted by Crippen LogP contribution is -2.35. The quantitative estimate of drug-likeness (QED) is 0.609. The Morgan fingerprint density at radius 2 is 1.67 bits per heavy atom. The maximum Gasteiger partial charge on any atom is 0.280 e. The van der Waals surface area contributed by atoms with E-state index in [1.807, 2.05) is 43.3 Å². The molecule has 0 aliphatic carbocycles. The molecule has 0 radical (unpaired) electrons. The van der Waals surface area contributed by atoms with Gasteiger partial charge in [0.1, 0.15) is 0 Å². The van der Waals surface area contributed by atoms with Crippen LogP contribution in [-0.2, 0) is 0 Å². The van der Waals surface area contributed by atoms with Gasteiger partial charge in [0.25, 0.3) is 11.5 Å². The average Bonchev–Trinajstić information content (AvgIpc) is 2.70. The number of nitrogens with one attached hydrogen (secondary N) is 1. The van der Waals surface area contributed by atoms with E-state index in [-0.39, 0.29) is 11.5 Å². The summed E-state index contributed by atoms with van der Waals surface area (Å²) in [5.74, 6) is 0.0235. The first-order valence-electron chi connectivity index (χ1n) is 8.59. The maximum absolute atomic E-state index is 13.1. The number of amides is 1. The van der Waals surface area contributed by atoms with E-state index in [4.69, 9.17) is 0 Å². The van der Waals surface area contributed by atoms with Crippen LogP contribution in [0.3, 0.4) is 0 Å². The summed E-state index contributed by atoms with van der Waals surface area (Å²) in [4.78, 5) is 30.4. The minimum absolute atomic E-state index is 0.318. The highest BCUT2D eigenvalue weighted by molar-refractivity contribution is 6.00. The van der Waals surface area contributed by atoms with Crippen molar-refractivity contribution in [1.82, 2.24) is 9.66 Å². The number of aryl methyl sites for hydroxylation is 1. The zero-order valence-electron chi connectivity index (χ0n) is 14.7. The summed E-state index contributed by atoms with van der Waals surface area (Å²) in [6.07, 6.45) is 0. The van der Waals surface area contributed by atoms with Crippen molar-refractivity contribution < 1.29 is 4.79 Å². The van der Waals surface area contributed by atoms with E-state index in [2.05, 4.69) is 10.4 Å². The zero-order chi connectivity index (χ0) is 18.8. The van der Waals surface area contributed by atoms with E-state index in [1.54, 1.807) is 42.5 Å². The molecule has 0 aliphatic heterocycles. The maximum atomic E-state index is 13.1. The lowest BCUT2D eigenvalue weighted by molar-refractivity contribution is 0.101. The smallest absolute Gasteiger partial charge is 0.267 e. The number of hydrogen-bond donors (Lipinski definition) is 1. The highest BCUT2D eigenvalue weighted by atomic mass is 16.2. The van der Waals surface area contributed by atoms with Gasteiger partial charge in [-0.1, -0.05) is 54.1 Å². The van der Waals surface area contributed by atoms with Gasteiger partial charge >= 0.3 is 0 Å². The second-order valence-electron chi connectivity index (χ2n) is 6.27. The van der Waals surface area contributed by atoms with Gasteiger partial charge in [0.2, 0.25) is 0 Å². The zero-order valence-corrected chi connectivity index (χ0v) is 14.7. The first-order valence-corrected chi connectivity index (χ1v) is 8.59. The van der Waals surface area contributed by atoms with Gasteiger partial charge in [-0.15, -0.1) is 0 Å². The van der Waals surface area contributed by atoms with Crippen LogP contribution in [0.15, 0.2) is 83.7 Å². The van der Waals surface area contributed by atoms with Crippen molar-refractivity contribution in [2.45, 2.75) is 6.92 Å². The number of carbonyl (C=O) groups is 1. The predicted octanol–water partition coefficient (Wildman–Crippen LogP) is 3.76. The van der Waals surface area contributed by atoms with E-state index in [0.29, 0.717) is 22.3 Å². The van der Waals surface area contributed by atoms with Gasteiger partial charge < -0.3 is 0 Å². The standard InChI is InChI=1S/C22H17N3O2/c1-15-8-7-11-17(14-15)20-23-19-13-6-5-12-18(19)22(27)25(20)24-21(26)16-9-3-2-4-10-16/h2-14H,1H3,(H,24,26). The van der Waals surface area contributed by atoms with Gasteiger partial charge in [0.05, 0.1) is 10.9 Å². The number of carbonyl (C=O) groups excluding carboxylic acids is 1. The molecule has 4 rings (SSSR count). The molecule has 4 aromatic rings. The molecule has 0 saturated heterocycles. The molecule has 0 bridgehead atoms. The molecular formula is C22H17N3O2. The number of para-hydroxylation sites is 1. The van der Waals surface area contributed by atoms with Crippen LogP contribution in [0.25, 0.3) is 22.3 Å². The van der Waals surface area contributed by atoms with Gasteiger partial charge in [0, 0.05) is 11.1 Å². The first kappa shape index (κ1) is 16.7. The third-order valence-electron chi connectivity index (χ3n) is 4.30. The van der Waals surface area contributed by atoms with Gasteiger partial charge in [-0.25, -0.2) is 4.98 Å². The first-order chi connectivity index (χ1) is 13.1. The molecule has 0 unspecified atom stereocenters. The fraction of sp³-hybridized carbons (Fsp3) is 0.0455. The van der Waals surface area contributed by atoms with Crippen LogP contribution in [0, 0.1) is 6.92 Å². The lowest BCUT2D eigenvalue weighted by atomic mass is 10.1. The molecule has 3 aromatic carbocycles. The number of hydrogen-bond acceptors (Lipinski definition) is 3. The molecule has 5 nitrogen and oxygen atoms in total. The van der Waals surface area contributed by atoms with Crippen LogP contribution >= 0.6 is 0 Å². The van der Waals surface area contributed by atoms with Crippen molar-refractivity contribution in [2.75, 3.05) is 5.43 Å². The van der Waals surface area contributed by atoms with Crippen LogP contribution < -0.4 is 11.0 Å². The Bertz CT molecular complexity index is 1200. The van der Waals surface area contributed by atoms with Crippen molar-refractivity contribution in [3.8, 4) is 11.4 Å². The number of fused-ring (bicyclic) bond motifs is 1. The lowest BCUT2D eigenvalue weighted by Gasteiger charge is -2.15. The molecule has 0 atom stereocenters. The normalized spacial score (nSPS) is 10.7. The third kappa shape index (κ3) is 3.22. The summed E-state index contributed by atoms with van der Waals surface area (Å²) >= 11 is 0. The van der Waals surface area contributed by atoms with Crippen LogP contribution in [0.4, 0.5) is 0 Å². The van der Waals surface area contributed by atoms with Crippen molar-refractivity contribution >= 4 is 16.8 Å². The highest BCUT2D eigenvalue weighted by Crippen LogP contribution is 2.19. The molecule has 0 fully saturated rings. The Morgan fingerprint density at radius 3 is 2.44 bits per heavy atom. The summed E-state index contributed by atoms with van der Waals surface area (Å²) in [5.41, 5.74) is 5.24. The highest BCUT2D eigenvalue weighted by Gasteiger charge is 2.15. The molecule has 132 valence electrons. The van der Waals surface area contributed by atoms with E-state index >= 15 is 0 Å². The Kier molecular flexibility index (Phi) is 4.26. The Labute approximate surface area is 155 Å². The summed E-state index contributed by atoms with van der Waals surface area (Å²) < 4.78 is 1.23. The molecule has 1 amide bonds. The summed E-state index contributed by atoms with van der Waals surface area (Å²) in [6, 6.07) is 23.6. The second kappa shape index (κ2) is 6.88. The van der Waals surface area contributed by atoms with Gasteiger partial charge in [-0.05, 0) is 37.3 Å². The van der Waals surface area contributed by atoms with Crippen molar-refractivity contribution in [2.24, 2.45) is 0 Å². The number of rotatable bonds is 3. The molecular weight excluding hydrogens is 338 g/mol. The largest absolute Gasteiger partial charge is 0.280 e. The molecule has 0 spiro atoms. The van der Waals surface area contributed by atoms with E-state index < -0.39 is 0 Å². The summed E-state index contributed by atoms with van der Waals surface area (Å²) in [5, 5.41) is 0.447.